The lowest BCUT2D eigenvalue weighted by molar-refractivity contribution is -0.194. The van der Waals surface area contributed by atoms with E-state index in [0.717, 1.165) is 19.3 Å². The highest BCUT2D eigenvalue weighted by atomic mass is 19.4. The van der Waals surface area contributed by atoms with Crippen LogP contribution in [-0.4, -0.2) is 30.3 Å². The van der Waals surface area contributed by atoms with Gasteiger partial charge in [-0.25, -0.2) is 0 Å². The molecule has 0 bridgehead atoms. The normalized spacial score (nSPS) is 19.4. The van der Waals surface area contributed by atoms with Crippen LogP contribution in [0.4, 0.5) is 13.2 Å². The Morgan fingerprint density at radius 3 is 2.04 bits per heavy atom. The molecule has 1 aliphatic carbocycles. The lowest BCUT2D eigenvalue weighted by atomic mass is 9.67. The summed E-state index contributed by atoms with van der Waals surface area (Å²) in [6, 6.07) is 0. The molecule has 28 heavy (non-hydrogen) atoms. The summed E-state index contributed by atoms with van der Waals surface area (Å²) in [4.78, 5) is 25.2. The highest BCUT2D eigenvalue weighted by Gasteiger charge is 2.48. The first-order valence-corrected chi connectivity index (χ1v) is 10.1. The van der Waals surface area contributed by atoms with Gasteiger partial charge in [0.15, 0.2) is 6.61 Å². The van der Waals surface area contributed by atoms with Gasteiger partial charge in [0.05, 0.1) is 11.8 Å². The van der Waals surface area contributed by atoms with Crippen molar-refractivity contribution in [1.29, 1.82) is 0 Å². The maximum absolute atomic E-state index is 13.2. The minimum Gasteiger partial charge on any atom is -0.458 e. The number of carbonyl (C=O) groups is 2. The molecular weight excluding hydrogens is 373 g/mol. The number of esters is 2. The molecule has 0 heterocycles. The number of carbonyl (C=O) groups excluding carboxylic acids is 2. The predicted molar refractivity (Wildman–Crippen MR) is 101 cm³/mol. The number of alkyl halides is 3. The van der Waals surface area contributed by atoms with E-state index in [-0.39, 0.29) is 23.7 Å². The minimum atomic E-state index is -4.57. The van der Waals surface area contributed by atoms with Gasteiger partial charge in [-0.3, -0.25) is 9.59 Å². The number of hydrogen-bond donors (Lipinski definition) is 0. The lowest BCUT2D eigenvalue weighted by Gasteiger charge is -2.41. The molecular formula is C21H35F3O4. The second kappa shape index (κ2) is 9.04. The Hall–Kier alpha value is -1.27. The summed E-state index contributed by atoms with van der Waals surface area (Å²) in [7, 11) is 0. The van der Waals surface area contributed by atoms with Crippen molar-refractivity contribution >= 4 is 11.9 Å². The fourth-order valence-electron chi connectivity index (χ4n) is 3.76. The average Bonchev–Trinajstić information content (AvgIpc) is 2.99. The van der Waals surface area contributed by atoms with Crippen molar-refractivity contribution in [3.05, 3.63) is 0 Å². The van der Waals surface area contributed by atoms with Gasteiger partial charge >= 0.3 is 18.1 Å². The van der Waals surface area contributed by atoms with Crippen LogP contribution in [0.15, 0.2) is 0 Å². The zero-order valence-electron chi connectivity index (χ0n) is 18.0. The number of hydrogen-bond acceptors (Lipinski definition) is 4. The molecule has 1 unspecified atom stereocenters. The van der Waals surface area contributed by atoms with E-state index < -0.39 is 29.8 Å². The summed E-state index contributed by atoms with van der Waals surface area (Å²) in [5, 5.41) is 0. The smallest absolute Gasteiger partial charge is 0.422 e. The van der Waals surface area contributed by atoms with Crippen LogP contribution in [0.25, 0.3) is 0 Å². The van der Waals surface area contributed by atoms with Crippen LogP contribution in [0.1, 0.15) is 86.5 Å². The van der Waals surface area contributed by atoms with Crippen molar-refractivity contribution in [2.45, 2.75) is 98.3 Å². The van der Waals surface area contributed by atoms with Crippen LogP contribution < -0.4 is 0 Å². The van der Waals surface area contributed by atoms with Gasteiger partial charge in [-0.15, -0.1) is 0 Å². The summed E-state index contributed by atoms with van der Waals surface area (Å²) >= 11 is 0. The fraction of sp³-hybridized carbons (Fsp3) is 0.905. The summed E-state index contributed by atoms with van der Waals surface area (Å²) in [5.41, 5.74) is -1.87. The van der Waals surface area contributed by atoms with Crippen LogP contribution in [0.3, 0.4) is 0 Å². The molecule has 0 aromatic rings. The Morgan fingerprint density at radius 1 is 1.07 bits per heavy atom. The molecule has 7 heteroatoms. The second-order valence-electron chi connectivity index (χ2n) is 9.50. The number of rotatable bonds is 9. The predicted octanol–water partition coefficient (Wildman–Crippen LogP) is 5.83. The van der Waals surface area contributed by atoms with Crippen LogP contribution in [-0.2, 0) is 19.1 Å². The lowest BCUT2D eigenvalue weighted by Crippen LogP contribution is -2.45. The van der Waals surface area contributed by atoms with Gasteiger partial charge in [0, 0.05) is 0 Å². The largest absolute Gasteiger partial charge is 0.458 e. The minimum absolute atomic E-state index is 0.0152. The van der Waals surface area contributed by atoms with Gasteiger partial charge in [-0.2, -0.15) is 13.2 Å². The van der Waals surface area contributed by atoms with E-state index in [1.807, 2.05) is 20.8 Å². The van der Waals surface area contributed by atoms with E-state index in [9.17, 15) is 22.8 Å². The van der Waals surface area contributed by atoms with E-state index in [0.29, 0.717) is 19.3 Å². The zero-order chi connectivity index (χ0) is 21.8. The molecule has 0 aromatic carbocycles. The fourth-order valence-corrected chi connectivity index (χ4v) is 3.76. The quantitative estimate of drug-likeness (QED) is 0.451. The van der Waals surface area contributed by atoms with Gasteiger partial charge in [-0.1, -0.05) is 41.0 Å². The number of ether oxygens (including phenoxy) is 2. The third kappa shape index (κ3) is 6.96. The molecule has 1 saturated carbocycles. The molecule has 1 fully saturated rings. The van der Waals surface area contributed by atoms with Crippen molar-refractivity contribution in [2.75, 3.05) is 6.61 Å². The molecule has 1 atom stereocenters. The van der Waals surface area contributed by atoms with Gasteiger partial charge in [0.1, 0.15) is 5.60 Å². The first-order chi connectivity index (χ1) is 12.6. The first kappa shape index (κ1) is 24.8. The molecule has 0 aromatic heterocycles. The first-order valence-electron chi connectivity index (χ1n) is 10.1. The van der Waals surface area contributed by atoms with Gasteiger partial charge in [0.25, 0.3) is 0 Å². The molecule has 1 rings (SSSR count). The summed E-state index contributed by atoms with van der Waals surface area (Å²) < 4.78 is 47.2. The highest BCUT2D eigenvalue weighted by molar-refractivity contribution is 5.78. The van der Waals surface area contributed by atoms with Crippen molar-refractivity contribution < 1.29 is 32.2 Å². The second-order valence-corrected chi connectivity index (χ2v) is 9.50. The third-order valence-corrected chi connectivity index (χ3v) is 6.23. The van der Waals surface area contributed by atoms with E-state index in [2.05, 4.69) is 25.5 Å². The van der Waals surface area contributed by atoms with Crippen LogP contribution in [0.2, 0.25) is 0 Å². The Bertz CT molecular complexity index is 548. The average molecular weight is 409 g/mol. The molecule has 0 saturated heterocycles. The molecule has 0 spiro atoms. The Balaban J connectivity index is 2.93. The summed E-state index contributed by atoms with van der Waals surface area (Å²) in [6.07, 6.45) is -0.926. The van der Waals surface area contributed by atoms with E-state index >= 15 is 0 Å². The summed E-state index contributed by atoms with van der Waals surface area (Å²) in [6.45, 7) is 10.5. The standard InChI is InChI=1S/C21H35F3O4/c1-7-18(4,5)13-19(6,15(2)3)17(26)28-20(10-8-9-11-20)12-16(25)27-14-21(22,23)24/h15H,7-14H2,1-6H3. The van der Waals surface area contributed by atoms with Crippen molar-refractivity contribution in [2.24, 2.45) is 16.7 Å². The third-order valence-electron chi connectivity index (χ3n) is 6.23. The molecule has 0 radical (unpaired) electrons. The summed E-state index contributed by atoms with van der Waals surface area (Å²) in [5.74, 6) is -1.34. The zero-order valence-corrected chi connectivity index (χ0v) is 18.0. The van der Waals surface area contributed by atoms with Gasteiger partial charge < -0.3 is 9.47 Å². The highest BCUT2D eigenvalue weighted by Crippen LogP contribution is 2.45. The topological polar surface area (TPSA) is 52.6 Å². The van der Waals surface area contributed by atoms with Crippen LogP contribution >= 0.6 is 0 Å². The van der Waals surface area contributed by atoms with E-state index in [4.69, 9.17) is 4.74 Å². The number of halogens is 3. The maximum Gasteiger partial charge on any atom is 0.422 e. The monoisotopic (exact) mass is 408 g/mol. The van der Waals surface area contributed by atoms with Crippen molar-refractivity contribution in [3.63, 3.8) is 0 Å². The maximum atomic E-state index is 13.2. The van der Waals surface area contributed by atoms with E-state index in [1.165, 1.54) is 0 Å². The van der Waals surface area contributed by atoms with Gasteiger partial charge in [-0.05, 0) is 50.4 Å². The Morgan fingerprint density at radius 2 is 1.61 bits per heavy atom. The van der Waals surface area contributed by atoms with Crippen molar-refractivity contribution in [3.8, 4) is 0 Å². The molecule has 0 N–H and O–H groups in total. The molecule has 1 aliphatic rings. The Labute approximate surface area is 166 Å². The van der Waals surface area contributed by atoms with E-state index in [1.54, 1.807) is 0 Å². The van der Waals surface area contributed by atoms with Crippen molar-refractivity contribution in [1.82, 2.24) is 0 Å². The SMILES string of the molecule is CCC(C)(C)CC(C)(C(=O)OC1(CC(=O)OCC(F)(F)F)CCCC1)C(C)C. The van der Waals surface area contributed by atoms with Gasteiger partial charge in [0.2, 0.25) is 0 Å². The molecule has 0 amide bonds. The molecule has 0 aliphatic heterocycles. The van der Waals surface area contributed by atoms with Crippen LogP contribution in [0.5, 0.6) is 0 Å². The Kier molecular flexibility index (Phi) is 7.99. The van der Waals surface area contributed by atoms with Crippen LogP contribution in [0, 0.1) is 16.7 Å². The molecule has 164 valence electrons. The molecule has 4 nitrogen and oxygen atoms in total.